The molecule has 2 saturated carbocycles. The molecule has 31 heavy (non-hydrogen) atoms. The van der Waals surface area contributed by atoms with E-state index in [1.807, 2.05) is 20.8 Å². The number of ether oxygens (including phenoxy) is 2. The minimum absolute atomic E-state index is 0.136. The van der Waals surface area contributed by atoms with Crippen LogP contribution in [0.1, 0.15) is 60.8 Å². The molecular formula is C24H34O7. The number of hydrogen-bond donors (Lipinski definition) is 2. The Bertz CT molecular complexity index is 854. The molecule has 2 N–H and O–H groups in total. The van der Waals surface area contributed by atoms with E-state index in [2.05, 4.69) is 6.58 Å². The Morgan fingerprint density at radius 2 is 1.68 bits per heavy atom. The summed E-state index contributed by atoms with van der Waals surface area (Å²) in [7, 11) is 0. The van der Waals surface area contributed by atoms with E-state index in [0.29, 0.717) is 29.6 Å². The highest BCUT2D eigenvalue weighted by Gasteiger charge is 2.62. The van der Waals surface area contributed by atoms with Gasteiger partial charge in [0.2, 0.25) is 0 Å². The maximum atomic E-state index is 13.0. The van der Waals surface area contributed by atoms with Crippen molar-refractivity contribution in [1.82, 2.24) is 0 Å². The van der Waals surface area contributed by atoms with Crippen LogP contribution in [0, 0.1) is 22.7 Å². The van der Waals surface area contributed by atoms with Crippen molar-refractivity contribution >= 4 is 17.7 Å². The molecule has 3 aliphatic rings. The Balaban J connectivity index is 2.35. The minimum Gasteiger partial charge on any atom is -0.458 e. The second kappa shape index (κ2) is 7.85. The van der Waals surface area contributed by atoms with Crippen LogP contribution >= 0.6 is 0 Å². The second-order valence-corrected chi connectivity index (χ2v) is 10.2. The molecule has 172 valence electrons. The summed E-state index contributed by atoms with van der Waals surface area (Å²) >= 11 is 0. The van der Waals surface area contributed by atoms with Gasteiger partial charge in [-0.2, -0.15) is 0 Å². The largest absolute Gasteiger partial charge is 0.458 e. The van der Waals surface area contributed by atoms with Crippen LogP contribution in [0.2, 0.25) is 0 Å². The number of carbonyl (C=O) groups excluding carboxylic acids is 3. The fourth-order valence-electron chi connectivity index (χ4n) is 6.32. The summed E-state index contributed by atoms with van der Waals surface area (Å²) in [5, 5.41) is 22.2. The Morgan fingerprint density at radius 3 is 2.23 bits per heavy atom. The first kappa shape index (κ1) is 23.7. The molecule has 0 radical (unpaired) electrons. The number of rotatable bonds is 2. The molecule has 0 spiro atoms. The average Bonchev–Trinajstić information content (AvgIpc) is 2.64. The Kier molecular flexibility index (Phi) is 6.00. The molecule has 7 atom stereocenters. The van der Waals surface area contributed by atoms with Gasteiger partial charge in [-0.25, -0.2) is 0 Å². The predicted octanol–water partition coefficient (Wildman–Crippen LogP) is 2.49. The van der Waals surface area contributed by atoms with Crippen molar-refractivity contribution in [2.75, 3.05) is 0 Å². The second-order valence-electron chi connectivity index (χ2n) is 10.2. The zero-order valence-electron chi connectivity index (χ0n) is 19.2. The lowest BCUT2D eigenvalue weighted by Gasteiger charge is -2.58. The van der Waals surface area contributed by atoms with Gasteiger partial charge >= 0.3 is 11.9 Å². The maximum Gasteiger partial charge on any atom is 0.303 e. The van der Waals surface area contributed by atoms with Crippen molar-refractivity contribution < 1.29 is 34.1 Å². The van der Waals surface area contributed by atoms with Gasteiger partial charge in [0.05, 0.1) is 12.2 Å². The van der Waals surface area contributed by atoms with E-state index in [0.717, 1.165) is 0 Å². The normalized spacial score (nSPS) is 39.9. The topological polar surface area (TPSA) is 110 Å². The molecular weight excluding hydrogens is 400 g/mol. The molecule has 7 nitrogen and oxygen atoms in total. The Labute approximate surface area is 183 Å². The van der Waals surface area contributed by atoms with Crippen LogP contribution in [0.3, 0.4) is 0 Å². The number of Topliss-reactive ketones (excluding diaryl/α,β-unsaturated/α-hetero) is 1. The number of ketones is 1. The number of esters is 2. The summed E-state index contributed by atoms with van der Waals surface area (Å²) in [6.07, 6.45) is -2.78. The summed E-state index contributed by atoms with van der Waals surface area (Å²) < 4.78 is 11.6. The number of carbonyl (C=O) groups is 3. The molecule has 2 bridgehead atoms. The molecule has 0 aromatic rings. The fraction of sp³-hybridized carbons (Fsp3) is 0.708. The fourth-order valence-corrected chi connectivity index (χ4v) is 6.32. The quantitative estimate of drug-likeness (QED) is 0.507. The molecule has 3 aliphatic carbocycles. The Morgan fingerprint density at radius 1 is 1.10 bits per heavy atom. The highest BCUT2D eigenvalue weighted by atomic mass is 16.6. The summed E-state index contributed by atoms with van der Waals surface area (Å²) in [6.45, 7) is 14.1. The minimum atomic E-state index is -0.995. The summed E-state index contributed by atoms with van der Waals surface area (Å²) in [4.78, 5) is 37.3. The molecule has 0 amide bonds. The van der Waals surface area contributed by atoms with Gasteiger partial charge in [-0.3, -0.25) is 14.4 Å². The van der Waals surface area contributed by atoms with Gasteiger partial charge < -0.3 is 19.7 Å². The third kappa shape index (κ3) is 3.65. The monoisotopic (exact) mass is 434 g/mol. The van der Waals surface area contributed by atoms with Gasteiger partial charge in [-0.15, -0.1) is 0 Å². The third-order valence-corrected chi connectivity index (χ3v) is 7.89. The van der Waals surface area contributed by atoms with Gasteiger partial charge in [0.1, 0.15) is 6.10 Å². The first-order valence-electron chi connectivity index (χ1n) is 10.9. The molecule has 0 saturated heterocycles. The van der Waals surface area contributed by atoms with Crippen molar-refractivity contribution in [3.63, 3.8) is 0 Å². The third-order valence-electron chi connectivity index (χ3n) is 7.89. The molecule has 7 heteroatoms. The smallest absolute Gasteiger partial charge is 0.303 e. The van der Waals surface area contributed by atoms with E-state index in [1.54, 1.807) is 6.92 Å². The zero-order chi connectivity index (χ0) is 23.5. The molecule has 0 heterocycles. The number of aliphatic hydroxyl groups excluding tert-OH is 2. The summed E-state index contributed by atoms with van der Waals surface area (Å²) in [6, 6.07) is 0. The highest BCUT2D eigenvalue weighted by molar-refractivity contribution is 5.97. The van der Waals surface area contributed by atoms with Crippen molar-refractivity contribution in [2.45, 2.75) is 85.2 Å². The summed E-state index contributed by atoms with van der Waals surface area (Å²) in [5.74, 6) is -2.35. The average molecular weight is 435 g/mol. The van der Waals surface area contributed by atoms with Gasteiger partial charge in [-0.05, 0) is 41.9 Å². The first-order chi connectivity index (χ1) is 14.2. The van der Waals surface area contributed by atoms with E-state index in [4.69, 9.17) is 9.47 Å². The summed E-state index contributed by atoms with van der Waals surface area (Å²) in [5.41, 5.74) is -0.0561. The molecule has 0 aromatic carbocycles. The lowest BCUT2D eigenvalue weighted by Crippen LogP contribution is -2.63. The molecule has 0 aromatic heterocycles. The zero-order valence-corrected chi connectivity index (χ0v) is 19.2. The van der Waals surface area contributed by atoms with Crippen LogP contribution in [0.25, 0.3) is 0 Å². The van der Waals surface area contributed by atoms with Crippen LogP contribution in [0.5, 0.6) is 0 Å². The highest BCUT2D eigenvalue weighted by Crippen LogP contribution is 2.59. The van der Waals surface area contributed by atoms with E-state index in [9.17, 15) is 24.6 Å². The van der Waals surface area contributed by atoms with Crippen molar-refractivity contribution in [3.8, 4) is 0 Å². The van der Waals surface area contributed by atoms with Gasteiger partial charge in [-0.1, -0.05) is 27.4 Å². The van der Waals surface area contributed by atoms with Crippen LogP contribution in [-0.4, -0.2) is 52.4 Å². The molecule has 0 aliphatic heterocycles. The van der Waals surface area contributed by atoms with Crippen LogP contribution < -0.4 is 0 Å². The van der Waals surface area contributed by atoms with Gasteiger partial charge in [0, 0.05) is 37.5 Å². The van der Waals surface area contributed by atoms with Crippen molar-refractivity contribution in [1.29, 1.82) is 0 Å². The van der Waals surface area contributed by atoms with E-state index < -0.39 is 59.0 Å². The van der Waals surface area contributed by atoms with E-state index in [-0.39, 0.29) is 12.2 Å². The number of fused-ring (bicyclic) bond motifs is 3. The van der Waals surface area contributed by atoms with Crippen molar-refractivity contribution in [3.05, 3.63) is 23.3 Å². The standard InChI is InChI=1S/C24H34O7/c1-11-16(27)8-9-24(7)18(11)20(29)15-10-17(28)12(2)19(23(15,5)6)21(30-13(3)25)22(24)31-14(4)26/h15-16,18,20-22,27,29H,1,8-10H2,2-7H3/t15-,16-,18-,20+,21+,22-,24+/m0/s1. The van der Waals surface area contributed by atoms with Crippen LogP contribution in [-0.2, 0) is 23.9 Å². The van der Waals surface area contributed by atoms with E-state index >= 15 is 0 Å². The van der Waals surface area contributed by atoms with Gasteiger partial charge in [0.15, 0.2) is 11.9 Å². The van der Waals surface area contributed by atoms with Gasteiger partial charge in [0.25, 0.3) is 0 Å². The molecule has 0 unspecified atom stereocenters. The molecule has 2 fully saturated rings. The number of allylic oxidation sites excluding steroid dienone is 1. The lowest BCUT2D eigenvalue weighted by molar-refractivity contribution is -0.195. The molecule has 3 rings (SSSR count). The maximum absolute atomic E-state index is 13.0. The van der Waals surface area contributed by atoms with Crippen molar-refractivity contribution in [2.24, 2.45) is 22.7 Å². The number of hydrogen-bond acceptors (Lipinski definition) is 7. The van der Waals surface area contributed by atoms with E-state index in [1.165, 1.54) is 13.8 Å². The Hall–Kier alpha value is -1.99. The SMILES string of the molecule is C=C1[C@@H](O)CC[C@@]2(C)[C@@H](OC(C)=O)[C@H](OC(C)=O)C3=C(C)C(=O)C[C@@H]([C@@H](O)[C@H]12)C3(C)C. The van der Waals surface area contributed by atoms with Crippen LogP contribution in [0.4, 0.5) is 0 Å². The lowest BCUT2D eigenvalue weighted by atomic mass is 9.49. The van der Waals surface area contributed by atoms with Crippen LogP contribution in [0.15, 0.2) is 23.3 Å². The predicted molar refractivity (Wildman–Crippen MR) is 113 cm³/mol. The first-order valence-corrected chi connectivity index (χ1v) is 10.9. The number of aliphatic hydroxyl groups is 2.